The molecule has 110 valence electrons. The molecule has 0 saturated heterocycles. The summed E-state index contributed by atoms with van der Waals surface area (Å²) in [6, 6.07) is 12.6. The van der Waals surface area contributed by atoms with Crippen LogP contribution in [-0.2, 0) is 6.54 Å². The second-order valence-corrected chi connectivity index (χ2v) is 6.75. The number of benzene rings is 1. The molecule has 0 fully saturated rings. The quantitative estimate of drug-likeness (QED) is 0.830. The Morgan fingerprint density at radius 2 is 1.75 bits per heavy atom. The molecule has 1 aromatic carbocycles. The molecule has 0 heterocycles. The van der Waals surface area contributed by atoms with Gasteiger partial charge in [0.15, 0.2) is 0 Å². The highest BCUT2D eigenvalue weighted by molar-refractivity contribution is 5.14. The van der Waals surface area contributed by atoms with Crippen molar-refractivity contribution < 1.29 is 5.11 Å². The molecule has 1 aromatic rings. The van der Waals surface area contributed by atoms with Crippen LogP contribution in [0, 0.1) is 16.7 Å². The number of hydrogen-bond donors (Lipinski definition) is 1. The number of hydrogen-bond acceptors (Lipinski definition) is 3. The van der Waals surface area contributed by atoms with Crippen LogP contribution in [0.3, 0.4) is 0 Å². The topological polar surface area (TPSA) is 47.3 Å². The molecule has 1 rings (SSSR count). The summed E-state index contributed by atoms with van der Waals surface area (Å²) in [5, 5.41) is 19.2. The standard InChI is InChI=1S/C17H26N2O/c1-16(2,13-18)10-11-19(14-17(3,4)20)12-15-8-6-5-7-9-15/h5-9,20H,10-12,14H2,1-4H3. The van der Waals surface area contributed by atoms with Crippen molar-refractivity contribution in [3.63, 3.8) is 0 Å². The fourth-order valence-corrected chi connectivity index (χ4v) is 2.10. The van der Waals surface area contributed by atoms with Crippen LogP contribution in [0.1, 0.15) is 39.7 Å². The molecular weight excluding hydrogens is 248 g/mol. The summed E-state index contributed by atoms with van der Waals surface area (Å²) in [4.78, 5) is 2.22. The minimum atomic E-state index is -0.731. The van der Waals surface area contributed by atoms with E-state index in [-0.39, 0.29) is 5.41 Å². The summed E-state index contributed by atoms with van der Waals surface area (Å²) >= 11 is 0. The van der Waals surface area contributed by atoms with Gasteiger partial charge in [-0.05, 0) is 39.7 Å². The van der Waals surface area contributed by atoms with Crippen molar-refractivity contribution in [2.45, 2.75) is 46.3 Å². The van der Waals surface area contributed by atoms with Gasteiger partial charge < -0.3 is 5.11 Å². The van der Waals surface area contributed by atoms with Crippen molar-refractivity contribution in [1.82, 2.24) is 4.90 Å². The highest BCUT2D eigenvalue weighted by atomic mass is 16.3. The Morgan fingerprint density at radius 3 is 2.25 bits per heavy atom. The van der Waals surface area contributed by atoms with Gasteiger partial charge in [0, 0.05) is 19.6 Å². The van der Waals surface area contributed by atoms with Crippen molar-refractivity contribution in [1.29, 1.82) is 5.26 Å². The van der Waals surface area contributed by atoms with Crippen LogP contribution in [0.5, 0.6) is 0 Å². The van der Waals surface area contributed by atoms with Crippen molar-refractivity contribution >= 4 is 0 Å². The van der Waals surface area contributed by atoms with Crippen LogP contribution in [0.15, 0.2) is 30.3 Å². The van der Waals surface area contributed by atoms with Gasteiger partial charge in [-0.15, -0.1) is 0 Å². The molecule has 3 nitrogen and oxygen atoms in total. The normalized spacial score (nSPS) is 12.4. The maximum Gasteiger partial charge on any atom is 0.0718 e. The van der Waals surface area contributed by atoms with Crippen LogP contribution >= 0.6 is 0 Å². The third-order valence-electron chi connectivity index (χ3n) is 3.22. The van der Waals surface area contributed by atoms with Crippen LogP contribution in [0.2, 0.25) is 0 Å². The van der Waals surface area contributed by atoms with Gasteiger partial charge in [-0.1, -0.05) is 30.3 Å². The summed E-state index contributed by atoms with van der Waals surface area (Å²) in [5.41, 5.74) is 0.173. The highest BCUT2D eigenvalue weighted by Gasteiger charge is 2.22. The van der Waals surface area contributed by atoms with E-state index in [1.807, 2.05) is 45.9 Å². The second-order valence-electron chi connectivity index (χ2n) is 6.75. The van der Waals surface area contributed by atoms with Gasteiger partial charge in [-0.25, -0.2) is 0 Å². The first-order valence-electron chi connectivity index (χ1n) is 7.12. The fraction of sp³-hybridized carbons (Fsp3) is 0.588. The van der Waals surface area contributed by atoms with Crippen LogP contribution < -0.4 is 0 Å². The molecule has 0 radical (unpaired) electrons. The first-order valence-corrected chi connectivity index (χ1v) is 7.12. The van der Waals surface area contributed by atoms with Gasteiger partial charge in [0.2, 0.25) is 0 Å². The fourth-order valence-electron chi connectivity index (χ4n) is 2.10. The Labute approximate surface area is 122 Å². The van der Waals surface area contributed by atoms with Gasteiger partial charge in [0.05, 0.1) is 17.1 Å². The molecule has 0 aliphatic heterocycles. The van der Waals surface area contributed by atoms with E-state index in [0.717, 1.165) is 19.5 Å². The first-order chi connectivity index (χ1) is 9.22. The molecule has 3 heteroatoms. The minimum absolute atomic E-state index is 0.325. The summed E-state index contributed by atoms with van der Waals surface area (Å²) < 4.78 is 0. The van der Waals surface area contributed by atoms with E-state index in [9.17, 15) is 5.11 Å². The first kappa shape index (κ1) is 16.7. The van der Waals surface area contributed by atoms with E-state index in [4.69, 9.17) is 5.26 Å². The van der Waals surface area contributed by atoms with Crippen molar-refractivity contribution in [3.05, 3.63) is 35.9 Å². The maximum absolute atomic E-state index is 10.0. The number of nitriles is 1. The number of aliphatic hydroxyl groups is 1. The molecule has 0 aliphatic rings. The maximum atomic E-state index is 10.0. The third kappa shape index (κ3) is 6.70. The molecule has 0 amide bonds. The van der Waals surface area contributed by atoms with Crippen LogP contribution in [0.25, 0.3) is 0 Å². The smallest absolute Gasteiger partial charge is 0.0718 e. The SMILES string of the molecule is CC(C)(O)CN(CCC(C)(C)C#N)Cc1ccccc1. The van der Waals surface area contributed by atoms with Gasteiger partial charge >= 0.3 is 0 Å². The Morgan fingerprint density at radius 1 is 1.15 bits per heavy atom. The zero-order valence-electron chi connectivity index (χ0n) is 13.1. The predicted molar refractivity (Wildman–Crippen MR) is 82.0 cm³/mol. The molecule has 0 aliphatic carbocycles. The summed E-state index contributed by atoms with van der Waals surface area (Å²) in [6.07, 6.45) is 0.798. The number of rotatable bonds is 7. The summed E-state index contributed by atoms with van der Waals surface area (Å²) in [5.74, 6) is 0. The van der Waals surface area contributed by atoms with Crippen LogP contribution in [0.4, 0.5) is 0 Å². The third-order valence-corrected chi connectivity index (χ3v) is 3.22. The molecule has 1 N–H and O–H groups in total. The van der Waals surface area contributed by atoms with Crippen molar-refractivity contribution in [2.24, 2.45) is 5.41 Å². The van der Waals surface area contributed by atoms with E-state index in [2.05, 4.69) is 23.1 Å². The van der Waals surface area contributed by atoms with Crippen molar-refractivity contribution in [3.8, 4) is 6.07 Å². The monoisotopic (exact) mass is 274 g/mol. The van der Waals surface area contributed by atoms with Gasteiger partial charge in [-0.3, -0.25) is 4.90 Å². The molecule has 0 atom stereocenters. The van der Waals surface area contributed by atoms with Crippen LogP contribution in [-0.4, -0.2) is 28.7 Å². The van der Waals surface area contributed by atoms with Gasteiger partial charge in [0.1, 0.15) is 0 Å². The molecule has 0 bridgehead atoms. The predicted octanol–water partition coefficient (Wildman–Crippen LogP) is 3.20. The van der Waals surface area contributed by atoms with E-state index >= 15 is 0 Å². The average molecular weight is 274 g/mol. The van der Waals surface area contributed by atoms with Gasteiger partial charge in [-0.2, -0.15) is 5.26 Å². The lowest BCUT2D eigenvalue weighted by molar-refractivity contribution is 0.0309. The Balaban J connectivity index is 2.69. The molecule has 0 spiro atoms. The van der Waals surface area contributed by atoms with E-state index in [0.29, 0.717) is 6.54 Å². The molecule has 0 saturated carbocycles. The Bertz CT molecular complexity index is 440. The lowest BCUT2D eigenvalue weighted by atomic mass is 9.91. The molecule has 0 aromatic heterocycles. The lowest BCUT2D eigenvalue weighted by Gasteiger charge is -2.30. The van der Waals surface area contributed by atoms with E-state index in [1.165, 1.54) is 5.56 Å². The Kier molecular flexibility index (Phi) is 5.74. The molecule has 20 heavy (non-hydrogen) atoms. The highest BCUT2D eigenvalue weighted by Crippen LogP contribution is 2.20. The van der Waals surface area contributed by atoms with E-state index in [1.54, 1.807) is 0 Å². The minimum Gasteiger partial charge on any atom is -0.389 e. The average Bonchev–Trinajstić information content (AvgIpc) is 2.36. The summed E-state index contributed by atoms with van der Waals surface area (Å²) in [7, 11) is 0. The second kappa shape index (κ2) is 6.88. The zero-order chi connectivity index (χ0) is 15.2. The largest absolute Gasteiger partial charge is 0.389 e. The zero-order valence-corrected chi connectivity index (χ0v) is 13.1. The lowest BCUT2D eigenvalue weighted by Crippen LogP contribution is -2.39. The number of nitrogens with zero attached hydrogens (tertiary/aromatic N) is 2. The van der Waals surface area contributed by atoms with E-state index < -0.39 is 5.60 Å². The van der Waals surface area contributed by atoms with Crippen molar-refractivity contribution in [2.75, 3.05) is 13.1 Å². The molecular formula is C17H26N2O. The Hall–Kier alpha value is -1.37. The molecule has 0 unspecified atom stereocenters. The van der Waals surface area contributed by atoms with Gasteiger partial charge in [0.25, 0.3) is 0 Å². The summed E-state index contributed by atoms with van der Waals surface area (Å²) in [6.45, 7) is 9.76.